The van der Waals surface area contributed by atoms with E-state index in [1.165, 1.54) is 6.08 Å². The molecule has 0 spiro atoms. The van der Waals surface area contributed by atoms with Crippen LogP contribution in [0.5, 0.6) is 0 Å². The molecule has 0 saturated carbocycles. The highest BCUT2D eigenvalue weighted by atomic mass is 16.4. The molecule has 1 fully saturated rings. The number of aliphatic imine (C=N–C) groups is 1. The number of nitrogens with zero attached hydrogens (tertiary/aromatic N) is 1. The Morgan fingerprint density at radius 2 is 1.57 bits per heavy atom. The molecular weight excluding hydrogens is 604 g/mol. The Morgan fingerprint density at radius 1 is 0.913 bits per heavy atom. The number of nitrogens with one attached hydrogen (secondary N) is 5. The average molecular weight is 655 g/mol. The Kier molecular flexibility index (Phi) is 17.3. The third kappa shape index (κ3) is 15.2. The summed E-state index contributed by atoms with van der Waals surface area (Å²) in [6.07, 6.45) is 2.50. The molecule has 1 aliphatic rings. The van der Waals surface area contributed by atoms with Gasteiger partial charge in [-0.2, -0.15) is 0 Å². The van der Waals surface area contributed by atoms with Gasteiger partial charge in [0, 0.05) is 18.7 Å². The molecule has 17 heteroatoms. The van der Waals surface area contributed by atoms with Gasteiger partial charge < -0.3 is 48.1 Å². The van der Waals surface area contributed by atoms with Crippen molar-refractivity contribution in [3.63, 3.8) is 0 Å². The predicted octanol–water partition coefficient (Wildman–Crippen LogP) is -1.95. The maximum atomic E-state index is 13.2. The van der Waals surface area contributed by atoms with E-state index in [9.17, 15) is 33.9 Å². The molecule has 0 radical (unpaired) electrons. The minimum atomic E-state index is -1.33. The zero-order valence-corrected chi connectivity index (χ0v) is 26.8. The number of hydrogen-bond acceptors (Lipinski definition) is 9. The highest BCUT2D eigenvalue weighted by molar-refractivity contribution is 5.97. The first kappa shape index (κ1) is 39.8. The number of guanidine groups is 1. The molecule has 0 aliphatic carbocycles. The van der Waals surface area contributed by atoms with E-state index in [-0.39, 0.29) is 31.3 Å². The quantitative estimate of drug-likeness (QED) is 0.0200. The monoisotopic (exact) mass is 654 g/mol. The molecule has 1 aliphatic heterocycles. The SMILES string of the molecule is CCC[C@H](NC(=O)[C@H](CC(C)C)NC(=O)[C@@H]1N[C@H]1C(=O)O)[C@@H](O)CC(=O)N[C@@H](CC)C(=O)N[C@H](/C=C/C(=O)O)CCCN=C(N)N. The van der Waals surface area contributed by atoms with E-state index in [0.717, 1.165) is 6.08 Å². The lowest BCUT2D eigenvalue weighted by atomic mass is 9.99. The summed E-state index contributed by atoms with van der Waals surface area (Å²) in [6.45, 7) is 7.46. The topological polar surface area (TPSA) is 298 Å². The summed E-state index contributed by atoms with van der Waals surface area (Å²) in [4.78, 5) is 77.5. The van der Waals surface area contributed by atoms with Crippen molar-refractivity contribution in [2.75, 3.05) is 6.54 Å². The second-order valence-electron chi connectivity index (χ2n) is 11.6. The number of amides is 4. The molecule has 0 aromatic heterocycles. The number of nitrogens with two attached hydrogens (primary N) is 2. The molecule has 4 amide bonds. The lowest BCUT2D eigenvalue weighted by Crippen LogP contribution is -2.54. The van der Waals surface area contributed by atoms with Crippen molar-refractivity contribution in [1.82, 2.24) is 26.6 Å². The van der Waals surface area contributed by atoms with Crippen LogP contribution < -0.4 is 38.1 Å². The number of hydrogen-bond donors (Lipinski definition) is 10. The molecule has 0 bridgehead atoms. The number of aliphatic hydroxyl groups is 1. The van der Waals surface area contributed by atoms with Gasteiger partial charge in [0.15, 0.2) is 5.96 Å². The summed E-state index contributed by atoms with van der Waals surface area (Å²) < 4.78 is 0. The fraction of sp³-hybridized carbons (Fsp3) is 0.690. The average Bonchev–Trinajstić information content (AvgIpc) is 3.77. The van der Waals surface area contributed by atoms with Gasteiger partial charge in [0.05, 0.1) is 18.6 Å². The smallest absolute Gasteiger partial charge is 0.328 e. The summed E-state index contributed by atoms with van der Waals surface area (Å²) in [5.74, 6) is -4.90. The van der Waals surface area contributed by atoms with Crippen LogP contribution in [0, 0.1) is 5.92 Å². The van der Waals surface area contributed by atoms with Crippen LogP contribution in [0.3, 0.4) is 0 Å². The van der Waals surface area contributed by atoms with E-state index in [2.05, 4.69) is 31.6 Å². The lowest BCUT2D eigenvalue weighted by Gasteiger charge is -2.28. The molecule has 260 valence electrons. The van der Waals surface area contributed by atoms with Crippen molar-refractivity contribution in [1.29, 1.82) is 0 Å². The standard InChI is InChI=1S/C29H50N8O9/c1-5-8-18(35-26(43)19(13-15(3)4)36-27(44)23-24(37-23)28(45)46)20(38)14-21(39)34-17(6-2)25(42)33-16(10-11-22(40)41)9-7-12-32-29(30)31/h10-11,15-20,23-24,37-38H,5-9,12-14H2,1-4H3,(H,33,42)(H,34,39)(H,35,43)(H,36,44)(H,40,41)(H,45,46)(H4,30,31,32)/b11-10+/t16-,17-,18-,19-,20-,23+,24+/m0/s1. The molecule has 0 aromatic rings. The Morgan fingerprint density at radius 3 is 2.09 bits per heavy atom. The number of carboxylic acid groups (broad SMARTS) is 2. The molecular formula is C29H50N8O9. The second kappa shape index (κ2) is 20.0. The number of aliphatic hydroxyl groups excluding tert-OH is 1. The third-order valence-electron chi connectivity index (χ3n) is 7.08. The van der Waals surface area contributed by atoms with Gasteiger partial charge in [-0.05, 0) is 38.0 Å². The number of carboxylic acids is 2. The fourth-order valence-electron chi connectivity index (χ4n) is 4.65. The molecule has 7 atom stereocenters. The van der Waals surface area contributed by atoms with Crippen LogP contribution in [0.1, 0.15) is 72.6 Å². The first-order valence-electron chi connectivity index (χ1n) is 15.4. The Balaban J connectivity index is 2.84. The maximum Gasteiger partial charge on any atom is 0.328 e. The lowest BCUT2D eigenvalue weighted by molar-refractivity contribution is -0.137. The minimum Gasteiger partial charge on any atom is -0.480 e. The van der Waals surface area contributed by atoms with E-state index in [4.69, 9.17) is 21.7 Å². The predicted molar refractivity (Wildman–Crippen MR) is 168 cm³/mol. The molecule has 1 heterocycles. The first-order valence-corrected chi connectivity index (χ1v) is 15.4. The van der Waals surface area contributed by atoms with Crippen molar-refractivity contribution in [2.45, 2.75) is 115 Å². The van der Waals surface area contributed by atoms with Gasteiger partial charge in [0.1, 0.15) is 24.2 Å². The van der Waals surface area contributed by atoms with Gasteiger partial charge >= 0.3 is 11.9 Å². The highest BCUT2D eigenvalue weighted by Gasteiger charge is 2.48. The largest absolute Gasteiger partial charge is 0.480 e. The van der Waals surface area contributed by atoms with Crippen molar-refractivity contribution in [2.24, 2.45) is 22.4 Å². The summed E-state index contributed by atoms with van der Waals surface area (Å²) in [6, 6.07) is -5.49. The number of carbonyl (C=O) groups is 6. The van der Waals surface area contributed by atoms with Crippen LogP contribution in [0.2, 0.25) is 0 Å². The minimum absolute atomic E-state index is 0.00612. The van der Waals surface area contributed by atoms with Crippen molar-refractivity contribution >= 4 is 41.5 Å². The van der Waals surface area contributed by atoms with Gasteiger partial charge in [-0.15, -0.1) is 0 Å². The number of aliphatic carboxylic acids is 2. The summed E-state index contributed by atoms with van der Waals surface area (Å²) >= 11 is 0. The van der Waals surface area contributed by atoms with E-state index in [1.54, 1.807) is 6.92 Å². The van der Waals surface area contributed by atoms with Gasteiger partial charge in [0.2, 0.25) is 23.6 Å². The van der Waals surface area contributed by atoms with Crippen LogP contribution in [0.15, 0.2) is 17.1 Å². The van der Waals surface area contributed by atoms with Crippen LogP contribution in [0.4, 0.5) is 0 Å². The second-order valence-corrected chi connectivity index (χ2v) is 11.6. The molecule has 0 unspecified atom stereocenters. The fourth-order valence-corrected chi connectivity index (χ4v) is 4.65. The van der Waals surface area contributed by atoms with Gasteiger partial charge in [-0.3, -0.25) is 34.3 Å². The van der Waals surface area contributed by atoms with Gasteiger partial charge in [0.25, 0.3) is 0 Å². The van der Waals surface area contributed by atoms with Crippen molar-refractivity contribution in [3.05, 3.63) is 12.2 Å². The Bertz CT molecular complexity index is 1130. The highest BCUT2D eigenvalue weighted by Crippen LogP contribution is 2.14. The molecule has 46 heavy (non-hydrogen) atoms. The third-order valence-corrected chi connectivity index (χ3v) is 7.08. The molecule has 17 nitrogen and oxygen atoms in total. The zero-order chi connectivity index (χ0) is 35.0. The zero-order valence-electron chi connectivity index (χ0n) is 26.8. The molecule has 1 rings (SSSR count). The summed E-state index contributed by atoms with van der Waals surface area (Å²) in [7, 11) is 0. The molecule has 0 aromatic carbocycles. The van der Waals surface area contributed by atoms with E-state index < -0.39 is 84.3 Å². The van der Waals surface area contributed by atoms with E-state index >= 15 is 0 Å². The Labute approximate surface area is 268 Å². The van der Waals surface area contributed by atoms with Gasteiger partial charge in [-0.1, -0.05) is 40.2 Å². The Hall–Kier alpha value is -4.25. The van der Waals surface area contributed by atoms with E-state index in [0.29, 0.717) is 25.7 Å². The molecule has 1 saturated heterocycles. The van der Waals surface area contributed by atoms with Crippen LogP contribution in [-0.4, -0.2) is 106 Å². The van der Waals surface area contributed by atoms with Crippen LogP contribution in [0.25, 0.3) is 0 Å². The van der Waals surface area contributed by atoms with E-state index in [1.807, 2.05) is 20.8 Å². The summed E-state index contributed by atoms with van der Waals surface area (Å²) in [5.41, 5.74) is 10.6. The van der Waals surface area contributed by atoms with Crippen LogP contribution in [-0.2, 0) is 28.8 Å². The van der Waals surface area contributed by atoms with Crippen molar-refractivity contribution in [3.8, 4) is 0 Å². The number of rotatable bonds is 22. The van der Waals surface area contributed by atoms with Gasteiger partial charge in [-0.25, -0.2) is 4.79 Å². The maximum absolute atomic E-state index is 13.2. The first-order chi connectivity index (χ1) is 21.6. The summed E-state index contributed by atoms with van der Waals surface area (Å²) in [5, 5.41) is 42.1. The van der Waals surface area contributed by atoms with Crippen LogP contribution >= 0.6 is 0 Å². The van der Waals surface area contributed by atoms with Crippen molar-refractivity contribution < 1.29 is 44.1 Å². The molecule has 12 N–H and O–H groups in total. The number of carbonyl (C=O) groups excluding carboxylic acids is 4. The normalized spacial score (nSPS) is 18.8.